The van der Waals surface area contributed by atoms with Gasteiger partial charge < -0.3 is 10.4 Å². The summed E-state index contributed by atoms with van der Waals surface area (Å²) in [5.74, 6) is 0.591. The maximum atomic E-state index is 9.28. The van der Waals surface area contributed by atoms with E-state index in [0.717, 1.165) is 19.0 Å². The van der Waals surface area contributed by atoms with Gasteiger partial charge in [-0.2, -0.15) is 0 Å². The molecule has 0 aliphatic heterocycles. The largest absolute Gasteiger partial charge is 0.393 e. The van der Waals surface area contributed by atoms with E-state index in [2.05, 4.69) is 12.2 Å². The lowest BCUT2D eigenvalue weighted by atomic mass is 10.0. The third kappa shape index (κ3) is 6.16. The second kappa shape index (κ2) is 7.24. The van der Waals surface area contributed by atoms with Crippen LogP contribution in [0.15, 0.2) is 0 Å². The maximum absolute atomic E-state index is 9.28. The number of rotatable bonds is 5. The lowest BCUT2D eigenvalue weighted by Crippen LogP contribution is -2.33. The van der Waals surface area contributed by atoms with Crippen LogP contribution in [0.2, 0.25) is 0 Å². The Hall–Kier alpha value is -0.0800. The molecule has 0 aromatic carbocycles. The molecule has 1 aliphatic rings. The molecule has 0 saturated heterocycles. The van der Waals surface area contributed by atoms with Crippen molar-refractivity contribution in [1.82, 2.24) is 5.32 Å². The molecule has 2 atom stereocenters. The Bertz CT molecular complexity index is 151. The molecule has 15 heavy (non-hydrogen) atoms. The van der Waals surface area contributed by atoms with E-state index >= 15 is 0 Å². The highest BCUT2D eigenvalue weighted by atomic mass is 16.3. The summed E-state index contributed by atoms with van der Waals surface area (Å²) in [5.41, 5.74) is 0. The van der Waals surface area contributed by atoms with Crippen LogP contribution in [0.3, 0.4) is 0 Å². The number of aliphatic hydroxyl groups excluding tert-OH is 1. The summed E-state index contributed by atoms with van der Waals surface area (Å²) < 4.78 is 0. The summed E-state index contributed by atoms with van der Waals surface area (Å²) in [6.07, 6.45) is 9.08. The van der Waals surface area contributed by atoms with Crippen molar-refractivity contribution in [2.45, 2.75) is 70.9 Å². The van der Waals surface area contributed by atoms with E-state index < -0.39 is 0 Å². The Morgan fingerprint density at radius 2 is 1.73 bits per heavy atom. The molecule has 1 aliphatic carbocycles. The van der Waals surface area contributed by atoms with Crippen molar-refractivity contribution in [3.05, 3.63) is 0 Å². The quantitative estimate of drug-likeness (QED) is 0.688. The molecule has 0 aromatic rings. The highest BCUT2D eigenvalue weighted by Crippen LogP contribution is 2.17. The van der Waals surface area contributed by atoms with Crippen molar-refractivity contribution in [3.63, 3.8) is 0 Å². The standard InChI is InChI=1S/C13H27NO/c1-11(9-12(2)15)10-14-13-7-5-3-4-6-8-13/h11-15H,3-10H2,1-2H3. The van der Waals surface area contributed by atoms with Gasteiger partial charge in [0.2, 0.25) is 0 Å². The van der Waals surface area contributed by atoms with Gasteiger partial charge in [0.15, 0.2) is 0 Å². The van der Waals surface area contributed by atoms with Gasteiger partial charge in [-0.1, -0.05) is 32.6 Å². The third-order valence-corrected chi connectivity index (χ3v) is 3.35. The Morgan fingerprint density at radius 3 is 2.27 bits per heavy atom. The van der Waals surface area contributed by atoms with Gasteiger partial charge in [-0.15, -0.1) is 0 Å². The SMILES string of the molecule is CC(O)CC(C)CNC1CCCCCC1. The fourth-order valence-electron chi connectivity index (χ4n) is 2.52. The van der Waals surface area contributed by atoms with E-state index in [-0.39, 0.29) is 6.10 Å². The maximum Gasteiger partial charge on any atom is 0.0515 e. The van der Waals surface area contributed by atoms with E-state index in [4.69, 9.17) is 0 Å². The Kier molecular flexibility index (Phi) is 6.26. The first-order valence-corrected chi connectivity index (χ1v) is 6.60. The zero-order chi connectivity index (χ0) is 11.1. The van der Waals surface area contributed by atoms with Crippen LogP contribution in [0, 0.1) is 5.92 Å². The second-order valence-electron chi connectivity index (χ2n) is 5.29. The lowest BCUT2D eigenvalue weighted by molar-refractivity contribution is 0.162. The van der Waals surface area contributed by atoms with Gasteiger partial charge in [0.25, 0.3) is 0 Å². The molecule has 0 aromatic heterocycles. The van der Waals surface area contributed by atoms with Gasteiger partial charge in [0.1, 0.15) is 0 Å². The highest BCUT2D eigenvalue weighted by molar-refractivity contribution is 4.72. The molecule has 0 heterocycles. The fraction of sp³-hybridized carbons (Fsp3) is 1.00. The van der Waals surface area contributed by atoms with Crippen LogP contribution in [0.25, 0.3) is 0 Å². The Labute approximate surface area is 94.5 Å². The van der Waals surface area contributed by atoms with E-state index in [1.165, 1.54) is 38.5 Å². The van der Waals surface area contributed by atoms with Crippen LogP contribution in [-0.4, -0.2) is 23.8 Å². The summed E-state index contributed by atoms with van der Waals surface area (Å²) in [5, 5.41) is 12.9. The van der Waals surface area contributed by atoms with Gasteiger partial charge in [-0.05, 0) is 38.6 Å². The van der Waals surface area contributed by atoms with Crippen LogP contribution in [0.5, 0.6) is 0 Å². The van der Waals surface area contributed by atoms with Gasteiger partial charge in [0.05, 0.1) is 6.10 Å². The summed E-state index contributed by atoms with van der Waals surface area (Å²) in [6.45, 7) is 5.16. The predicted octanol–water partition coefficient (Wildman–Crippen LogP) is 2.71. The summed E-state index contributed by atoms with van der Waals surface area (Å²) >= 11 is 0. The molecular weight excluding hydrogens is 186 g/mol. The molecule has 0 amide bonds. The zero-order valence-corrected chi connectivity index (χ0v) is 10.3. The average Bonchev–Trinajstić information content (AvgIpc) is 2.41. The van der Waals surface area contributed by atoms with Crippen molar-refractivity contribution in [1.29, 1.82) is 0 Å². The molecule has 2 N–H and O–H groups in total. The second-order valence-corrected chi connectivity index (χ2v) is 5.29. The third-order valence-electron chi connectivity index (χ3n) is 3.35. The normalized spacial score (nSPS) is 23.4. The molecule has 2 heteroatoms. The minimum absolute atomic E-state index is 0.157. The molecule has 1 saturated carbocycles. The monoisotopic (exact) mass is 213 g/mol. The average molecular weight is 213 g/mol. The van der Waals surface area contributed by atoms with Gasteiger partial charge in [-0.25, -0.2) is 0 Å². The molecular formula is C13H27NO. The minimum Gasteiger partial charge on any atom is -0.393 e. The fourth-order valence-corrected chi connectivity index (χ4v) is 2.52. The van der Waals surface area contributed by atoms with Crippen molar-refractivity contribution < 1.29 is 5.11 Å². The van der Waals surface area contributed by atoms with Crippen molar-refractivity contribution in [2.75, 3.05) is 6.54 Å². The summed E-state index contributed by atoms with van der Waals surface area (Å²) in [4.78, 5) is 0. The lowest BCUT2D eigenvalue weighted by Gasteiger charge is -2.20. The minimum atomic E-state index is -0.157. The van der Waals surface area contributed by atoms with Crippen molar-refractivity contribution >= 4 is 0 Å². The molecule has 1 fully saturated rings. The van der Waals surface area contributed by atoms with Crippen LogP contribution in [-0.2, 0) is 0 Å². The molecule has 2 nitrogen and oxygen atoms in total. The number of hydrogen-bond donors (Lipinski definition) is 2. The van der Waals surface area contributed by atoms with E-state index in [1.54, 1.807) is 0 Å². The summed E-state index contributed by atoms with van der Waals surface area (Å²) in [7, 11) is 0. The van der Waals surface area contributed by atoms with Crippen LogP contribution in [0.1, 0.15) is 58.8 Å². The number of nitrogens with one attached hydrogen (secondary N) is 1. The smallest absolute Gasteiger partial charge is 0.0515 e. The van der Waals surface area contributed by atoms with Crippen LogP contribution in [0.4, 0.5) is 0 Å². The van der Waals surface area contributed by atoms with Crippen LogP contribution >= 0.6 is 0 Å². The molecule has 0 bridgehead atoms. The van der Waals surface area contributed by atoms with E-state index in [0.29, 0.717) is 5.92 Å². The van der Waals surface area contributed by atoms with Crippen LogP contribution < -0.4 is 5.32 Å². The van der Waals surface area contributed by atoms with Crippen molar-refractivity contribution in [3.8, 4) is 0 Å². The predicted molar refractivity (Wildman–Crippen MR) is 65.0 cm³/mol. The first-order valence-electron chi connectivity index (χ1n) is 6.60. The highest BCUT2D eigenvalue weighted by Gasteiger charge is 2.13. The molecule has 0 radical (unpaired) electrons. The first-order chi connectivity index (χ1) is 7.18. The van der Waals surface area contributed by atoms with Gasteiger partial charge in [0, 0.05) is 6.04 Å². The molecule has 1 rings (SSSR count). The molecule has 2 unspecified atom stereocenters. The Morgan fingerprint density at radius 1 is 1.13 bits per heavy atom. The van der Waals surface area contributed by atoms with E-state index in [1.807, 2.05) is 6.92 Å². The van der Waals surface area contributed by atoms with Gasteiger partial charge >= 0.3 is 0 Å². The molecule has 90 valence electrons. The number of aliphatic hydroxyl groups is 1. The van der Waals surface area contributed by atoms with E-state index in [9.17, 15) is 5.11 Å². The topological polar surface area (TPSA) is 32.3 Å². The molecule has 0 spiro atoms. The van der Waals surface area contributed by atoms with Gasteiger partial charge in [-0.3, -0.25) is 0 Å². The Balaban J connectivity index is 2.11. The number of hydrogen-bond acceptors (Lipinski definition) is 2. The van der Waals surface area contributed by atoms with Crippen molar-refractivity contribution in [2.24, 2.45) is 5.92 Å². The first kappa shape index (κ1) is 13.0. The summed E-state index contributed by atoms with van der Waals surface area (Å²) in [6, 6.07) is 0.740. The zero-order valence-electron chi connectivity index (χ0n) is 10.3.